The summed E-state index contributed by atoms with van der Waals surface area (Å²) in [7, 11) is 1.47. The maximum Gasteiger partial charge on any atom is 0.322 e. The van der Waals surface area contributed by atoms with Crippen LogP contribution in [0.15, 0.2) is 4.52 Å². The third-order valence-corrected chi connectivity index (χ3v) is 2.86. The Bertz CT molecular complexity index is 680. The minimum Gasteiger partial charge on any atom is -0.359 e. The van der Waals surface area contributed by atoms with Gasteiger partial charge in [-0.1, -0.05) is 5.16 Å². The van der Waals surface area contributed by atoms with Crippen LogP contribution in [0.25, 0.3) is 0 Å². The highest BCUT2D eigenvalue weighted by Crippen LogP contribution is 2.25. The summed E-state index contributed by atoms with van der Waals surface area (Å²) in [6, 6.07) is 0. The number of amides is 1. The van der Waals surface area contributed by atoms with E-state index < -0.39 is 10.8 Å². The second-order valence-corrected chi connectivity index (χ2v) is 4.32. The highest BCUT2D eigenvalue weighted by molar-refractivity contribution is 6.06. The van der Waals surface area contributed by atoms with Gasteiger partial charge in [-0.2, -0.15) is 5.10 Å². The number of nitrogens with one attached hydrogen (secondary N) is 1. The van der Waals surface area contributed by atoms with E-state index in [1.54, 1.807) is 13.8 Å². The van der Waals surface area contributed by atoms with Crippen LogP contribution in [0, 0.1) is 30.9 Å². The predicted molar refractivity (Wildman–Crippen MR) is 68.5 cm³/mol. The molecule has 2 aromatic rings. The number of nitro groups is 1. The number of hydrogen-bond acceptors (Lipinski definition) is 6. The molecule has 0 aliphatic carbocycles. The van der Waals surface area contributed by atoms with E-state index in [4.69, 9.17) is 4.52 Å². The fourth-order valence-corrected chi connectivity index (χ4v) is 1.95. The molecule has 9 nitrogen and oxygen atoms in total. The first-order valence-electron chi connectivity index (χ1n) is 5.75. The van der Waals surface area contributed by atoms with Gasteiger partial charge in [0.15, 0.2) is 5.76 Å². The molecule has 0 saturated heterocycles. The molecular weight excluding hydrogens is 266 g/mol. The van der Waals surface area contributed by atoms with E-state index in [1.165, 1.54) is 18.7 Å². The zero-order valence-corrected chi connectivity index (χ0v) is 11.4. The molecule has 0 bridgehead atoms. The van der Waals surface area contributed by atoms with Gasteiger partial charge in [-0.25, -0.2) is 0 Å². The molecule has 0 saturated carbocycles. The van der Waals surface area contributed by atoms with Crippen molar-refractivity contribution in [1.82, 2.24) is 14.9 Å². The largest absolute Gasteiger partial charge is 0.359 e. The summed E-state index contributed by atoms with van der Waals surface area (Å²) in [4.78, 5) is 22.6. The number of rotatable bonds is 3. The van der Waals surface area contributed by atoms with Crippen LogP contribution in [0.2, 0.25) is 0 Å². The quantitative estimate of drug-likeness (QED) is 0.672. The van der Waals surface area contributed by atoms with Gasteiger partial charge in [0.1, 0.15) is 17.1 Å². The molecule has 2 heterocycles. The van der Waals surface area contributed by atoms with Crippen molar-refractivity contribution < 1.29 is 14.2 Å². The van der Waals surface area contributed by atoms with Gasteiger partial charge in [0.25, 0.3) is 5.91 Å². The molecule has 2 aromatic heterocycles. The molecule has 0 fully saturated rings. The third kappa shape index (κ3) is 2.13. The van der Waals surface area contributed by atoms with Crippen LogP contribution in [0.5, 0.6) is 0 Å². The Morgan fingerprint density at radius 1 is 1.35 bits per heavy atom. The van der Waals surface area contributed by atoms with Gasteiger partial charge >= 0.3 is 5.69 Å². The molecule has 0 aliphatic heterocycles. The fraction of sp³-hybridized carbons (Fsp3) is 0.364. The molecule has 0 radical (unpaired) electrons. The monoisotopic (exact) mass is 279 g/mol. The molecule has 1 N–H and O–H groups in total. The highest BCUT2D eigenvalue weighted by Gasteiger charge is 2.30. The second-order valence-electron chi connectivity index (χ2n) is 4.32. The molecule has 0 aliphatic rings. The number of carbonyl (C=O) groups excluding carboxylic acids is 1. The van der Waals surface area contributed by atoms with E-state index in [9.17, 15) is 14.9 Å². The van der Waals surface area contributed by atoms with Crippen LogP contribution in [0.4, 0.5) is 11.4 Å². The maximum atomic E-state index is 12.2. The molecule has 20 heavy (non-hydrogen) atoms. The van der Waals surface area contributed by atoms with Crippen molar-refractivity contribution in [1.29, 1.82) is 0 Å². The van der Waals surface area contributed by atoms with Gasteiger partial charge < -0.3 is 9.84 Å². The SMILES string of the molecule is Cc1noc(C)c1NC(=O)c1c([N+](=O)[O-])c(C)nn1C. The molecule has 0 unspecified atom stereocenters. The minimum absolute atomic E-state index is 0.118. The Hall–Kier alpha value is -2.71. The third-order valence-electron chi connectivity index (χ3n) is 2.86. The zero-order valence-electron chi connectivity index (χ0n) is 11.4. The lowest BCUT2D eigenvalue weighted by atomic mass is 10.2. The van der Waals surface area contributed by atoms with Gasteiger partial charge in [-0.05, 0) is 20.8 Å². The molecule has 0 atom stereocenters. The fourth-order valence-electron chi connectivity index (χ4n) is 1.95. The van der Waals surface area contributed by atoms with Gasteiger partial charge in [-0.15, -0.1) is 0 Å². The van der Waals surface area contributed by atoms with Gasteiger partial charge in [0.2, 0.25) is 5.69 Å². The number of carbonyl (C=O) groups is 1. The van der Waals surface area contributed by atoms with Crippen LogP contribution in [0.3, 0.4) is 0 Å². The summed E-state index contributed by atoms with van der Waals surface area (Å²) in [6.07, 6.45) is 0. The highest BCUT2D eigenvalue weighted by atomic mass is 16.6. The van der Waals surface area contributed by atoms with Crippen LogP contribution in [-0.2, 0) is 7.05 Å². The summed E-state index contributed by atoms with van der Waals surface area (Å²) < 4.78 is 6.11. The van der Waals surface area contributed by atoms with E-state index >= 15 is 0 Å². The molecule has 0 aromatic carbocycles. The van der Waals surface area contributed by atoms with Crippen molar-refractivity contribution in [2.75, 3.05) is 5.32 Å². The van der Waals surface area contributed by atoms with E-state index in [1.807, 2.05) is 0 Å². The predicted octanol–water partition coefficient (Wildman–Crippen LogP) is 1.49. The maximum absolute atomic E-state index is 12.2. The molecule has 106 valence electrons. The minimum atomic E-state index is -0.630. The first-order chi connectivity index (χ1) is 9.32. The number of aryl methyl sites for hydroxylation is 4. The van der Waals surface area contributed by atoms with Gasteiger partial charge in [0, 0.05) is 7.05 Å². The number of nitrogens with zero attached hydrogens (tertiary/aromatic N) is 4. The topological polar surface area (TPSA) is 116 Å². The van der Waals surface area contributed by atoms with Crippen molar-refractivity contribution in [3.8, 4) is 0 Å². The summed E-state index contributed by atoms with van der Waals surface area (Å²) in [6.45, 7) is 4.78. The first kappa shape index (κ1) is 13.7. The zero-order chi connectivity index (χ0) is 15.0. The van der Waals surface area contributed by atoms with Crippen molar-refractivity contribution >= 4 is 17.3 Å². The molecule has 9 heteroatoms. The smallest absolute Gasteiger partial charge is 0.322 e. The van der Waals surface area contributed by atoms with Gasteiger partial charge in [-0.3, -0.25) is 19.6 Å². The van der Waals surface area contributed by atoms with E-state index in [-0.39, 0.29) is 17.1 Å². The molecule has 2 rings (SSSR count). The Labute approximate surface area is 113 Å². The van der Waals surface area contributed by atoms with Crippen LogP contribution >= 0.6 is 0 Å². The summed E-state index contributed by atoms with van der Waals surface area (Å²) in [5.74, 6) is -0.202. The van der Waals surface area contributed by atoms with Crippen molar-refractivity contribution in [2.45, 2.75) is 20.8 Å². The standard InChI is InChI=1S/C11H13N5O4/c1-5-8(7(3)20-14-5)12-11(17)10-9(16(18)19)6(2)13-15(10)4/h1-4H3,(H,12,17). The van der Waals surface area contributed by atoms with E-state index in [0.29, 0.717) is 17.1 Å². The normalized spacial score (nSPS) is 10.6. The molecule has 0 spiro atoms. The lowest BCUT2D eigenvalue weighted by molar-refractivity contribution is -0.385. The number of anilines is 1. The molecule has 1 amide bonds. The molecular formula is C11H13N5O4. The Morgan fingerprint density at radius 3 is 2.50 bits per heavy atom. The average Bonchev–Trinajstić information content (AvgIpc) is 2.82. The van der Waals surface area contributed by atoms with Gasteiger partial charge in [0.05, 0.1) is 4.92 Å². The second kappa shape index (κ2) is 4.76. The van der Waals surface area contributed by atoms with Crippen molar-refractivity contribution in [3.05, 3.63) is 33.0 Å². The van der Waals surface area contributed by atoms with E-state index in [0.717, 1.165) is 0 Å². The van der Waals surface area contributed by atoms with E-state index in [2.05, 4.69) is 15.6 Å². The van der Waals surface area contributed by atoms with Crippen LogP contribution in [-0.4, -0.2) is 25.8 Å². The Morgan fingerprint density at radius 2 is 2.00 bits per heavy atom. The summed E-state index contributed by atoms with van der Waals surface area (Å²) >= 11 is 0. The Kier molecular flexibility index (Phi) is 3.26. The average molecular weight is 279 g/mol. The lowest BCUT2D eigenvalue weighted by Crippen LogP contribution is -2.18. The first-order valence-corrected chi connectivity index (χ1v) is 5.75. The summed E-state index contributed by atoms with van der Waals surface area (Å²) in [5.41, 5.74) is 0.659. The van der Waals surface area contributed by atoms with Crippen molar-refractivity contribution in [3.63, 3.8) is 0 Å². The van der Waals surface area contributed by atoms with Crippen LogP contribution in [0.1, 0.15) is 27.6 Å². The number of hydrogen-bond donors (Lipinski definition) is 1. The summed E-state index contributed by atoms with van der Waals surface area (Å²) in [5, 5.41) is 21.2. The lowest BCUT2D eigenvalue weighted by Gasteiger charge is -2.04. The van der Waals surface area contributed by atoms with Crippen molar-refractivity contribution in [2.24, 2.45) is 7.05 Å². The Balaban J connectivity index is 2.42. The number of aromatic nitrogens is 3. The van der Waals surface area contributed by atoms with Crippen LogP contribution < -0.4 is 5.32 Å².